The monoisotopic (exact) mass is 1900 g/mol. The van der Waals surface area contributed by atoms with E-state index in [9.17, 15) is 122 Å². The third kappa shape index (κ3) is 35.1. The number of hydrogen-bond acceptors (Lipinski definition) is 42. The molecule has 0 bridgehead atoms. The van der Waals surface area contributed by atoms with E-state index in [1.807, 2.05) is 125 Å². The maximum Gasteiger partial charge on any atom is 0.192 e. The van der Waals surface area contributed by atoms with Gasteiger partial charge in [0, 0.05) is 33.5 Å². The van der Waals surface area contributed by atoms with Crippen molar-refractivity contribution < 1.29 is 185 Å². The zero-order valence-electron chi connectivity index (χ0n) is 77.4. The van der Waals surface area contributed by atoms with Gasteiger partial charge in [-0.1, -0.05) is 140 Å². The van der Waals surface area contributed by atoms with Gasteiger partial charge in [0.15, 0.2) is 5.78 Å². The molecule has 0 radical (unpaired) electrons. The highest BCUT2D eigenvalue weighted by atomic mass is 32.1. The Morgan fingerprint density at radius 2 is 0.620 bits per heavy atom. The van der Waals surface area contributed by atoms with Crippen LogP contribution in [-0.2, 0) is 47.4 Å². The molecule has 0 aromatic rings. The Morgan fingerprint density at radius 3 is 0.977 bits per heavy atom. The molecule has 9 rings (SSSR count). The number of azide groups is 3. The maximum absolute atomic E-state index is 11.2. The Labute approximate surface area is 758 Å². The number of Topliss-reactive ketones (excluding diaryl/α,β-unsaturated/α-hetero) is 1. The van der Waals surface area contributed by atoms with E-state index in [-0.39, 0.29) is 98.9 Å². The molecule has 760 valence electrons. The molecule has 9 saturated heterocycles. The summed E-state index contributed by atoms with van der Waals surface area (Å²) in [6.07, 6.45) is -35.2. The van der Waals surface area contributed by atoms with Gasteiger partial charge in [-0.2, -0.15) is 12.6 Å². The van der Waals surface area contributed by atoms with Crippen molar-refractivity contribution in [3.63, 3.8) is 0 Å². The number of ketones is 1. The number of aliphatic hydroxyl groups excluding tert-OH is 27. The molecule has 9 aliphatic rings. The second-order valence-electron chi connectivity index (χ2n) is 36.7. The summed E-state index contributed by atoms with van der Waals surface area (Å²) < 4.78 is 48.4. The lowest BCUT2D eigenvalue weighted by Gasteiger charge is -2.42. The summed E-state index contributed by atoms with van der Waals surface area (Å²) in [4.78, 5) is 18.9. The smallest absolute Gasteiger partial charge is 0.192 e. The first kappa shape index (κ1) is 123. The lowest BCUT2D eigenvalue weighted by atomic mass is 9.88. The molecule has 0 saturated carbocycles. The van der Waals surface area contributed by atoms with Gasteiger partial charge < -0.3 is 186 Å². The van der Waals surface area contributed by atoms with Gasteiger partial charge in [-0.3, -0.25) is 4.79 Å². The Kier molecular flexibility index (Phi) is 57.0. The fourth-order valence-electron chi connectivity index (χ4n) is 15.4. The highest BCUT2D eigenvalue weighted by molar-refractivity contribution is 7.80. The van der Waals surface area contributed by atoms with E-state index in [0.29, 0.717) is 12.2 Å². The quantitative estimate of drug-likeness (QED) is 0.0248. The minimum atomic E-state index is -1.30. The van der Waals surface area contributed by atoms with Crippen LogP contribution in [0.5, 0.6) is 0 Å². The van der Waals surface area contributed by atoms with Crippen molar-refractivity contribution in [2.24, 2.45) is 74.3 Å². The highest BCUT2D eigenvalue weighted by Gasteiger charge is 2.52. The van der Waals surface area contributed by atoms with Gasteiger partial charge in [0.2, 0.25) is 0 Å². The first-order chi connectivity index (χ1) is 59.9. The topological polar surface area (TPSA) is 819 Å². The van der Waals surface area contributed by atoms with Gasteiger partial charge in [-0.15, -0.1) is 0 Å². The van der Waals surface area contributed by atoms with Crippen molar-refractivity contribution >= 4 is 18.4 Å². The molecule has 18 unspecified atom stereocenters. The summed E-state index contributed by atoms with van der Waals surface area (Å²) in [6.45, 7) is 35.8. The van der Waals surface area contributed by atoms with Crippen LogP contribution in [0.15, 0.2) is 15.3 Å². The lowest BCUT2D eigenvalue weighted by Crippen LogP contribution is -2.60. The molecule has 129 heavy (non-hydrogen) atoms. The summed E-state index contributed by atoms with van der Waals surface area (Å²) in [7, 11) is 0. The van der Waals surface area contributed by atoms with Crippen molar-refractivity contribution in [1.82, 2.24) is 0 Å². The summed E-state index contributed by atoms with van der Waals surface area (Å²) in [5, 5.41) is 266. The predicted octanol–water partition coefficient (Wildman–Crippen LogP) is -5.49. The molecule has 43 atom stereocenters. The van der Waals surface area contributed by atoms with E-state index in [4.69, 9.17) is 85.4 Å². The molecule has 0 spiro atoms. The number of carbonyl (C=O) groups excluding carboxylic acids is 1. The average molecular weight is 1900 g/mol. The van der Waals surface area contributed by atoms with Gasteiger partial charge in [0.1, 0.15) is 140 Å². The zero-order valence-corrected chi connectivity index (χ0v) is 78.3. The van der Waals surface area contributed by atoms with E-state index in [2.05, 4.69) is 42.7 Å². The van der Waals surface area contributed by atoms with Crippen molar-refractivity contribution in [3.05, 3.63) is 31.3 Å². The SMILES string of the molecule is CC(C)[C@@H]1OC(CN)[C@@H](O)C(O)[C@@H]1O.CC(C)[C@@H]1OC(CN=[N+]=[N-])[C@@H](O)C(O)[C@@H]1O.CC(C)[C@@H]1OC(CO)[C@@H](N=[N+]=[N-])C(O)[C@@H]1O.CC(C)[C@@H]1OC(CO)[C@@H](O)C(N=[N+]=[N-])[C@@H]1O.CC(C)[C@@H]1OC(CO)[C@@H](O)C(O)[C@@H]1O.CC(C)[C@@H]1OC(CS)[C@@H](O)C(O)[C@@H]1O.CC(C)[C@H]1CC(O)[C@H](O)C(CO)O1.CC(C)[C@H]1OC(C)[C@H](O)[C@H](O)C1O.CC1O[C@@H](C(C)C)[C@@H](O)C(O)C1=O. The van der Waals surface area contributed by atoms with Gasteiger partial charge in [-0.05, 0) is 83.7 Å². The van der Waals surface area contributed by atoms with Crippen LogP contribution in [0.2, 0.25) is 0 Å². The van der Waals surface area contributed by atoms with Gasteiger partial charge in [0.25, 0.3) is 0 Å². The van der Waals surface area contributed by atoms with Crippen LogP contribution in [0.4, 0.5) is 0 Å². The highest BCUT2D eigenvalue weighted by Crippen LogP contribution is 2.35. The number of nitrogens with two attached hydrogens (primary N) is 1. The molecular formula is C81H158N10O37S. The Morgan fingerprint density at radius 1 is 0.326 bits per heavy atom. The van der Waals surface area contributed by atoms with Crippen LogP contribution < -0.4 is 5.73 Å². The Balaban J connectivity index is 0.000000726. The molecule has 48 heteroatoms. The largest absolute Gasteiger partial charge is 0.394 e. The van der Waals surface area contributed by atoms with E-state index < -0.39 is 262 Å². The average Bonchev–Trinajstić information content (AvgIpc) is 0.781. The molecule has 9 aliphatic heterocycles. The van der Waals surface area contributed by atoms with E-state index in [0.717, 1.165) is 0 Å². The van der Waals surface area contributed by atoms with E-state index in [1.54, 1.807) is 13.8 Å². The van der Waals surface area contributed by atoms with Crippen LogP contribution in [0.25, 0.3) is 31.3 Å². The molecular weight excluding hydrogens is 1740 g/mol. The van der Waals surface area contributed by atoms with Gasteiger partial charge >= 0.3 is 0 Å². The molecule has 0 aromatic heterocycles. The third-order valence-electron chi connectivity index (χ3n) is 23.5. The third-order valence-corrected chi connectivity index (χ3v) is 23.9. The van der Waals surface area contributed by atoms with Crippen molar-refractivity contribution in [2.75, 3.05) is 45.3 Å². The minimum Gasteiger partial charge on any atom is -0.394 e. The van der Waals surface area contributed by atoms with Crippen LogP contribution in [-0.4, -0.2) is 451 Å². The fraction of sp³-hybridized carbons (Fsp3) is 0.988. The van der Waals surface area contributed by atoms with Crippen LogP contribution in [0.1, 0.15) is 145 Å². The first-order valence-corrected chi connectivity index (χ1v) is 44.5. The second kappa shape index (κ2) is 59.6. The van der Waals surface area contributed by atoms with Crippen LogP contribution in [0, 0.1) is 53.3 Å². The maximum atomic E-state index is 11.2. The summed E-state index contributed by atoms with van der Waals surface area (Å²) in [5.74, 6) is 0.537. The molecule has 0 aliphatic carbocycles. The molecule has 0 aromatic carbocycles. The van der Waals surface area contributed by atoms with Crippen molar-refractivity contribution in [3.8, 4) is 0 Å². The van der Waals surface area contributed by atoms with Crippen molar-refractivity contribution in [2.45, 2.75) is 407 Å². The standard InChI is InChI=1S/3C9H17N3O4.C9H19NO4.C9H18O5.C9H18O4S.2C9H18O4.C9H16O4/c1-4(2)9-8(15)6(11-12-10)7(14)5(3-13)16-9;1-4(2)9-8(15)7(14)6(11-12-10)5(3-13)16-9;1-4(2)9-8(15)7(14)6(13)5(16-9)3-11-12-10;2*1-4(2)9-8(13)7(12)6(11)5(3-10)14-9;1-4(2)9-8(12)7(11)6(10)5(3-14)13-9;1-5(2)7-3-6(11)9(12)8(4-10)13-7;2*1-4(2)9-8(12)7(11)6(10)5(3)13-9/h3*4-9,13-15H,3H2,1-2H3;4-9,11-13H,3,10H2,1-2H3;4-13H,3H2,1-2H3;4-12,14H,3H2,1-2H3;5-12H,3-4H2,1-2H3;4-12H,1-3H3;4-5,7-9,11-12H,1-3H3/t5?,6?,7-,8+,9+;5*5?,6-,7?,8+,9+;6?,7-,8?,9+;5?,6-,7-,8?,9+;5?,7?,8-,9-/m111111100/s1. The number of rotatable bonds is 19. The van der Waals surface area contributed by atoms with E-state index >= 15 is 0 Å². The Bertz CT molecular complexity index is 3100. The predicted molar refractivity (Wildman–Crippen MR) is 462 cm³/mol. The number of ether oxygens (including phenoxy) is 9. The number of carbonyl (C=O) groups is 1. The van der Waals surface area contributed by atoms with Crippen LogP contribution in [0.3, 0.4) is 0 Å². The lowest BCUT2D eigenvalue weighted by molar-refractivity contribution is -0.238. The summed E-state index contributed by atoms with van der Waals surface area (Å²) in [6, 6.07) is -1.94. The normalized spacial score (nSPS) is 42.2. The van der Waals surface area contributed by atoms with Crippen LogP contribution >= 0.6 is 12.6 Å². The molecule has 47 nitrogen and oxygen atoms in total. The molecule has 9 fully saturated rings. The number of thiol groups is 1. The van der Waals surface area contributed by atoms with Gasteiger partial charge in [-0.25, -0.2) is 0 Å². The fourth-order valence-corrected chi connectivity index (χ4v) is 15.7. The molecule has 29 N–H and O–H groups in total. The number of hydrogen-bond donors (Lipinski definition) is 29. The van der Waals surface area contributed by atoms with Crippen molar-refractivity contribution in [1.29, 1.82) is 0 Å². The zero-order chi connectivity index (χ0) is 99.9. The second-order valence-corrected chi connectivity index (χ2v) is 37.1. The Hall–Kier alpha value is -3.53. The van der Waals surface area contributed by atoms with Gasteiger partial charge in [0.05, 0.1) is 155 Å². The molecule has 0 amide bonds. The van der Waals surface area contributed by atoms with E-state index in [1.165, 1.54) is 0 Å². The number of nitrogens with zero attached hydrogens (tertiary/aromatic N) is 9. The molecule has 9 heterocycles. The summed E-state index contributed by atoms with van der Waals surface area (Å²) >= 11 is 4.02. The first-order valence-electron chi connectivity index (χ1n) is 43.9. The number of aliphatic hydroxyl groups is 27. The minimum absolute atomic E-state index is 0.00653. The summed E-state index contributed by atoms with van der Waals surface area (Å²) in [5.41, 5.74) is 30.3.